The van der Waals surface area contributed by atoms with Gasteiger partial charge in [0.25, 0.3) is 0 Å². The zero-order valence-corrected chi connectivity index (χ0v) is 15.4. The van der Waals surface area contributed by atoms with E-state index in [1.54, 1.807) is 22.6 Å². The Kier molecular flexibility index (Phi) is 5.22. The van der Waals surface area contributed by atoms with E-state index in [9.17, 15) is 8.42 Å². The van der Waals surface area contributed by atoms with Crippen LogP contribution in [0, 0.1) is 0 Å². The van der Waals surface area contributed by atoms with Crippen molar-refractivity contribution in [1.82, 2.24) is 9.29 Å². The molecule has 1 aromatic carbocycles. The lowest BCUT2D eigenvalue weighted by Crippen LogP contribution is -2.48. The zero-order chi connectivity index (χ0) is 17.9. The van der Waals surface area contributed by atoms with Gasteiger partial charge in [0, 0.05) is 31.6 Å². The lowest BCUT2D eigenvalue weighted by molar-refractivity contribution is -0.0735. The monoisotopic (exact) mass is 360 g/mol. The Morgan fingerprint density at radius 3 is 2.60 bits per heavy atom. The summed E-state index contributed by atoms with van der Waals surface area (Å²) < 4.78 is 34.0. The molecule has 2 heterocycles. The summed E-state index contributed by atoms with van der Waals surface area (Å²) in [6, 6.07) is 12.9. The molecule has 0 N–H and O–H groups in total. The molecule has 2 aromatic rings. The minimum atomic E-state index is -3.63. The van der Waals surface area contributed by atoms with Crippen LogP contribution in [0.25, 0.3) is 0 Å². The lowest BCUT2D eigenvalue weighted by atomic mass is 9.94. The molecule has 1 fully saturated rings. The van der Waals surface area contributed by atoms with Crippen molar-refractivity contribution in [2.24, 2.45) is 0 Å². The predicted molar refractivity (Wildman–Crippen MR) is 96.5 cm³/mol. The third kappa shape index (κ3) is 4.26. The van der Waals surface area contributed by atoms with Crippen LogP contribution in [-0.2, 0) is 21.3 Å². The Labute approximate surface area is 149 Å². The number of benzene rings is 1. The maximum atomic E-state index is 13.3. The van der Waals surface area contributed by atoms with E-state index in [0.29, 0.717) is 26.0 Å². The smallest absolute Gasteiger partial charge is 0.245 e. The molecule has 3 rings (SSSR count). The minimum absolute atomic E-state index is 0.103. The van der Waals surface area contributed by atoms with E-state index in [-0.39, 0.29) is 16.5 Å². The molecular formula is C19H24N2O3S. The van der Waals surface area contributed by atoms with Gasteiger partial charge in [-0.25, -0.2) is 8.42 Å². The first-order valence-electron chi connectivity index (χ1n) is 8.48. The summed E-state index contributed by atoms with van der Waals surface area (Å²) in [6.45, 7) is 4.93. The first kappa shape index (κ1) is 18.0. The first-order chi connectivity index (χ1) is 11.9. The van der Waals surface area contributed by atoms with Gasteiger partial charge in [0.1, 0.15) is 4.90 Å². The van der Waals surface area contributed by atoms with Gasteiger partial charge in [-0.3, -0.25) is 4.98 Å². The SMILES string of the molecule is CC1(C)CC(N(Cc2ccccc2)S(=O)(=O)c2cccnc2)CCO1. The van der Waals surface area contributed by atoms with Crippen LogP contribution in [0.3, 0.4) is 0 Å². The molecular weight excluding hydrogens is 336 g/mol. The fourth-order valence-electron chi connectivity index (χ4n) is 3.25. The van der Waals surface area contributed by atoms with Crippen LogP contribution < -0.4 is 0 Å². The maximum Gasteiger partial charge on any atom is 0.245 e. The number of hydrogen-bond acceptors (Lipinski definition) is 4. The summed E-state index contributed by atoms with van der Waals surface area (Å²) in [4.78, 5) is 4.22. The molecule has 25 heavy (non-hydrogen) atoms. The largest absolute Gasteiger partial charge is 0.375 e. The highest BCUT2D eigenvalue weighted by molar-refractivity contribution is 7.89. The first-order valence-corrected chi connectivity index (χ1v) is 9.92. The fourth-order valence-corrected chi connectivity index (χ4v) is 4.86. The summed E-state index contributed by atoms with van der Waals surface area (Å²) in [5.74, 6) is 0. The number of nitrogens with zero attached hydrogens (tertiary/aromatic N) is 2. The van der Waals surface area contributed by atoms with Crippen LogP contribution in [0.5, 0.6) is 0 Å². The van der Waals surface area contributed by atoms with Gasteiger partial charge in [-0.2, -0.15) is 4.31 Å². The van der Waals surface area contributed by atoms with E-state index >= 15 is 0 Å². The van der Waals surface area contributed by atoms with Gasteiger partial charge in [-0.15, -0.1) is 0 Å². The molecule has 0 bridgehead atoms. The van der Waals surface area contributed by atoms with Gasteiger partial charge in [-0.1, -0.05) is 30.3 Å². The van der Waals surface area contributed by atoms with Gasteiger partial charge >= 0.3 is 0 Å². The number of rotatable bonds is 5. The molecule has 1 aliphatic heterocycles. The van der Waals surface area contributed by atoms with E-state index in [1.807, 2.05) is 44.2 Å². The standard InChI is InChI=1S/C19H24N2O3S/c1-19(2)13-17(10-12-24-19)21(15-16-7-4-3-5-8-16)25(22,23)18-9-6-11-20-14-18/h3-9,11,14,17H,10,12-13,15H2,1-2H3. The van der Waals surface area contributed by atoms with Crippen LogP contribution >= 0.6 is 0 Å². The van der Waals surface area contributed by atoms with Crippen molar-refractivity contribution in [3.05, 3.63) is 60.4 Å². The molecule has 1 atom stereocenters. The van der Waals surface area contributed by atoms with Gasteiger partial charge in [0.2, 0.25) is 10.0 Å². The van der Waals surface area contributed by atoms with Crippen LogP contribution in [0.4, 0.5) is 0 Å². The summed E-state index contributed by atoms with van der Waals surface area (Å²) in [5, 5.41) is 0. The van der Waals surface area contributed by atoms with Gasteiger partial charge < -0.3 is 4.74 Å². The van der Waals surface area contributed by atoms with Crippen molar-refractivity contribution in [3.8, 4) is 0 Å². The average Bonchev–Trinajstić information content (AvgIpc) is 2.60. The van der Waals surface area contributed by atoms with E-state index in [2.05, 4.69) is 4.98 Å². The molecule has 0 radical (unpaired) electrons. The Hall–Kier alpha value is -1.76. The van der Waals surface area contributed by atoms with Crippen molar-refractivity contribution in [3.63, 3.8) is 0 Å². The Balaban J connectivity index is 1.97. The Morgan fingerprint density at radius 1 is 1.20 bits per heavy atom. The number of hydrogen-bond donors (Lipinski definition) is 0. The normalized spacial score (nSPS) is 20.5. The van der Waals surface area contributed by atoms with Gasteiger partial charge in [0.05, 0.1) is 5.60 Å². The summed E-state index contributed by atoms with van der Waals surface area (Å²) >= 11 is 0. The lowest BCUT2D eigenvalue weighted by Gasteiger charge is -2.40. The van der Waals surface area contributed by atoms with Crippen molar-refractivity contribution in [2.75, 3.05) is 6.61 Å². The van der Waals surface area contributed by atoms with E-state index in [0.717, 1.165) is 5.56 Å². The van der Waals surface area contributed by atoms with Gasteiger partial charge in [-0.05, 0) is 44.4 Å². The molecule has 5 nitrogen and oxygen atoms in total. The topological polar surface area (TPSA) is 59.5 Å². The minimum Gasteiger partial charge on any atom is -0.375 e. The molecule has 0 amide bonds. The molecule has 6 heteroatoms. The second-order valence-corrected chi connectivity index (χ2v) is 8.87. The number of sulfonamides is 1. The molecule has 134 valence electrons. The molecule has 1 aliphatic rings. The highest BCUT2D eigenvalue weighted by atomic mass is 32.2. The number of pyridine rings is 1. The highest BCUT2D eigenvalue weighted by Gasteiger charge is 2.38. The fraction of sp³-hybridized carbons (Fsp3) is 0.421. The Morgan fingerprint density at radius 2 is 1.96 bits per heavy atom. The third-order valence-corrected chi connectivity index (χ3v) is 6.38. The molecule has 0 spiro atoms. The van der Waals surface area contributed by atoms with Crippen molar-refractivity contribution in [1.29, 1.82) is 0 Å². The molecule has 1 unspecified atom stereocenters. The Bertz CT molecular complexity index is 792. The molecule has 0 saturated carbocycles. The predicted octanol–water partition coefficient (Wildman–Crippen LogP) is 3.23. The quantitative estimate of drug-likeness (QED) is 0.821. The summed E-state index contributed by atoms with van der Waals surface area (Å²) in [6.07, 6.45) is 4.35. The second-order valence-electron chi connectivity index (χ2n) is 6.98. The number of ether oxygens (including phenoxy) is 1. The van der Waals surface area contributed by atoms with E-state index in [4.69, 9.17) is 4.74 Å². The van der Waals surface area contributed by atoms with Crippen molar-refractivity contribution < 1.29 is 13.2 Å². The zero-order valence-electron chi connectivity index (χ0n) is 14.6. The van der Waals surface area contributed by atoms with E-state index < -0.39 is 10.0 Å². The van der Waals surface area contributed by atoms with Crippen molar-refractivity contribution in [2.45, 2.75) is 49.8 Å². The maximum absolute atomic E-state index is 13.3. The number of aromatic nitrogens is 1. The van der Waals surface area contributed by atoms with Crippen LogP contribution in [0.15, 0.2) is 59.8 Å². The van der Waals surface area contributed by atoms with Crippen LogP contribution in [-0.4, -0.2) is 36.0 Å². The molecule has 1 aromatic heterocycles. The summed E-state index contributed by atoms with van der Waals surface area (Å²) in [5.41, 5.74) is 0.641. The average molecular weight is 360 g/mol. The third-order valence-electron chi connectivity index (χ3n) is 4.50. The molecule has 1 saturated heterocycles. The van der Waals surface area contributed by atoms with E-state index in [1.165, 1.54) is 6.20 Å². The molecule has 0 aliphatic carbocycles. The van der Waals surface area contributed by atoms with Crippen LogP contribution in [0.2, 0.25) is 0 Å². The highest BCUT2D eigenvalue weighted by Crippen LogP contribution is 2.31. The van der Waals surface area contributed by atoms with Crippen LogP contribution in [0.1, 0.15) is 32.3 Å². The van der Waals surface area contributed by atoms with Crippen molar-refractivity contribution >= 4 is 10.0 Å². The summed E-state index contributed by atoms with van der Waals surface area (Å²) in [7, 11) is -3.63. The van der Waals surface area contributed by atoms with Gasteiger partial charge in [0.15, 0.2) is 0 Å². The second kappa shape index (κ2) is 7.23.